The number of benzene rings is 1. The summed E-state index contributed by atoms with van der Waals surface area (Å²) in [5.41, 5.74) is 0.970. The first-order chi connectivity index (χ1) is 9.20. The molecular formula is C15H19NO3. The average Bonchev–Trinajstić information content (AvgIpc) is 2.95. The minimum absolute atomic E-state index is 0.0711. The van der Waals surface area contributed by atoms with Crippen LogP contribution in [0.15, 0.2) is 43.0 Å². The largest absolute Gasteiger partial charge is 0.445 e. The highest BCUT2D eigenvalue weighted by Gasteiger charge is 2.30. The number of amides is 1. The fourth-order valence-electron chi connectivity index (χ4n) is 2.23. The molecule has 102 valence electrons. The quantitative estimate of drug-likeness (QED) is 0.845. The lowest BCUT2D eigenvalue weighted by Gasteiger charge is -2.17. The van der Waals surface area contributed by atoms with Gasteiger partial charge in [-0.3, -0.25) is 0 Å². The molecule has 0 aliphatic carbocycles. The van der Waals surface area contributed by atoms with Gasteiger partial charge in [0.1, 0.15) is 6.61 Å². The fourth-order valence-corrected chi connectivity index (χ4v) is 2.23. The van der Waals surface area contributed by atoms with Crippen molar-refractivity contribution >= 4 is 6.09 Å². The molecule has 1 N–H and O–H groups in total. The Kier molecular flexibility index (Phi) is 4.58. The Labute approximate surface area is 113 Å². The van der Waals surface area contributed by atoms with Crippen LogP contribution in [-0.2, 0) is 11.3 Å². The molecule has 1 saturated heterocycles. The van der Waals surface area contributed by atoms with Crippen molar-refractivity contribution in [2.45, 2.75) is 19.1 Å². The van der Waals surface area contributed by atoms with Crippen LogP contribution >= 0.6 is 0 Å². The lowest BCUT2D eigenvalue weighted by atomic mass is 10.0. The number of carbonyl (C=O) groups excluding carboxylic acids is 1. The van der Waals surface area contributed by atoms with Crippen molar-refractivity contribution in [3.8, 4) is 0 Å². The highest BCUT2D eigenvalue weighted by Crippen LogP contribution is 2.21. The molecule has 1 aliphatic heterocycles. The Morgan fingerprint density at radius 1 is 1.53 bits per heavy atom. The van der Waals surface area contributed by atoms with Gasteiger partial charge in [-0.15, -0.1) is 6.58 Å². The number of rotatable bonds is 4. The van der Waals surface area contributed by atoms with Crippen molar-refractivity contribution in [2.75, 3.05) is 13.1 Å². The molecule has 0 radical (unpaired) electrons. The summed E-state index contributed by atoms with van der Waals surface area (Å²) in [7, 11) is 0. The van der Waals surface area contributed by atoms with Gasteiger partial charge in [0.2, 0.25) is 0 Å². The zero-order valence-corrected chi connectivity index (χ0v) is 10.9. The second kappa shape index (κ2) is 6.38. The van der Waals surface area contributed by atoms with Crippen LogP contribution in [0.5, 0.6) is 0 Å². The van der Waals surface area contributed by atoms with Crippen molar-refractivity contribution in [3.05, 3.63) is 48.6 Å². The number of hydrogen-bond acceptors (Lipinski definition) is 3. The van der Waals surface area contributed by atoms with Crippen LogP contribution in [0, 0.1) is 5.92 Å². The molecule has 1 aliphatic rings. The third-order valence-corrected chi connectivity index (χ3v) is 3.41. The van der Waals surface area contributed by atoms with Gasteiger partial charge < -0.3 is 14.7 Å². The van der Waals surface area contributed by atoms with E-state index < -0.39 is 6.10 Å². The monoisotopic (exact) mass is 261 g/mol. The molecule has 2 unspecified atom stereocenters. The predicted molar refractivity (Wildman–Crippen MR) is 72.5 cm³/mol. The SMILES string of the molecule is C=CC(O)C1CCN(C(=O)OCc2ccccc2)C1. The number of aliphatic hydroxyl groups excluding tert-OH is 1. The molecule has 1 aromatic rings. The third-order valence-electron chi connectivity index (χ3n) is 3.41. The van der Waals surface area contributed by atoms with E-state index >= 15 is 0 Å². The molecular weight excluding hydrogens is 242 g/mol. The Balaban J connectivity index is 1.80. The molecule has 1 fully saturated rings. The van der Waals surface area contributed by atoms with E-state index in [0.29, 0.717) is 13.1 Å². The predicted octanol–water partition coefficient (Wildman–Crippen LogP) is 2.19. The van der Waals surface area contributed by atoms with E-state index in [0.717, 1.165) is 12.0 Å². The molecule has 1 aromatic carbocycles. The average molecular weight is 261 g/mol. The number of aliphatic hydroxyl groups is 1. The summed E-state index contributed by atoms with van der Waals surface area (Å²) in [6.45, 7) is 5.01. The van der Waals surface area contributed by atoms with E-state index in [2.05, 4.69) is 6.58 Å². The molecule has 19 heavy (non-hydrogen) atoms. The van der Waals surface area contributed by atoms with Crippen LogP contribution in [0.25, 0.3) is 0 Å². The fraction of sp³-hybridized carbons (Fsp3) is 0.400. The van der Waals surface area contributed by atoms with Gasteiger partial charge in [-0.25, -0.2) is 4.79 Å². The molecule has 4 nitrogen and oxygen atoms in total. The second-order valence-corrected chi connectivity index (χ2v) is 4.76. The minimum Gasteiger partial charge on any atom is -0.445 e. The molecule has 0 bridgehead atoms. The molecule has 4 heteroatoms. The Hall–Kier alpha value is -1.81. The van der Waals surface area contributed by atoms with Crippen LogP contribution in [-0.4, -0.2) is 35.3 Å². The Bertz CT molecular complexity index is 432. The van der Waals surface area contributed by atoms with Gasteiger partial charge >= 0.3 is 6.09 Å². The van der Waals surface area contributed by atoms with Crippen LogP contribution in [0.1, 0.15) is 12.0 Å². The normalized spacial score (nSPS) is 20.1. The maximum atomic E-state index is 11.9. The maximum absolute atomic E-state index is 11.9. The molecule has 0 saturated carbocycles. The van der Waals surface area contributed by atoms with Gasteiger partial charge in [0.15, 0.2) is 0 Å². The van der Waals surface area contributed by atoms with Crippen LogP contribution < -0.4 is 0 Å². The molecule has 1 amide bonds. The van der Waals surface area contributed by atoms with Gasteiger partial charge in [-0.05, 0) is 12.0 Å². The topological polar surface area (TPSA) is 49.8 Å². The summed E-state index contributed by atoms with van der Waals surface area (Å²) >= 11 is 0. The number of hydrogen-bond donors (Lipinski definition) is 1. The lowest BCUT2D eigenvalue weighted by molar-refractivity contribution is 0.0982. The number of carbonyl (C=O) groups is 1. The summed E-state index contributed by atoms with van der Waals surface area (Å²) in [5, 5.41) is 9.67. The van der Waals surface area contributed by atoms with E-state index in [1.54, 1.807) is 4.90 Å². The summed E-state index contributed by atoms with van der Waals surface area (Å²) < 4.78 is 5.25. The first-order valence-corrected chi connectivity index (χ1v) is 6.47. The standard InChI is InChI=1S/C15H19NO3/c1-2-14(17)13-8-9-16(10-13)15(18)19-11-12-6-4-3-5-7-12/h2-7,13-14,17H,1,8-11H2. The van der Waals surface area contributed by atoms with Crippen LogP contribution in [0.3, 0.4) is 0 Å². The van der Waals surface area contributed by atoms with Gasteiger partial charge in [-0.1, -0.05) is 36.4 Å². The number of ether oxygens (including phenoxy) is 1. The van der Waals surface area contributed by atoms with Gasteiger partial charge in [0.05, 0.1) is 6.10 Å². The first kappa shape index (κ1) is 13.6. The van der Waals surface area contributed by atoms with Gasteiger partial charge in [0.25, 0.3) is 0 Å². The van der Waals surface area contributed by atoms with Crippen molar-refractivity contribution in [1.82, 2.24) is 4.90 Å². The van der Waals surface area contributed by atoms with Crippen molar-refractivity contribution in [1.29, 1.82) is 0 Å². The summed E-state index contributed by atoms with van der Waals surface area (Å²) in [5.74, 6) is 0.0711. The van der Waals surface area contributed by atoms with Gasteiger partial charge in [-0.2, -0.15) is 0 Å². The van der Waals surface area contributed by atoms with E-state index in [1.807, 2.05) is 30.3 Å². The van der Waals surface area contributed by atoms with Crippen molar-refractivity contribution in [3.63, 3.8) is 0 Å². The maximum Gasteiger partial charge on any atom is 0.410 e. The smallest absolute Gasteiger partial charge is 0.410 e. The highest BCUT2D eigenvalue weighted by atomic mass is 16.6. The van der Waals surface area contributed by atoms with Gasteiger partial charge in [0, 0.05) is 19.0 Å². The molecule has 0 spiro atoms. The van der Waals surface area contributed by atoms with E-state index in [-0.39, 0.29) is 18.6 Å². The van der Waals surface area contributed by atoms with Crippen LogP contribution in [0.2, 0.25) is 0 Å². The van der Waals surface area contributed by atoms with E-state index in [1.165, 1.54) is 6.08 Å². The Morgan fingerprint density at radius 2 is 2.26 bits per heavy atom. The summed E-state index contributed by atoms with van der Waals surface area (Å²) in [6.07, 6.45) is 1.44. The van der Waals surface area contributed by atoms with E-state index in [9.17, 15) is 9.90 Å². The highest BCUT2D eigenvalue weighted by molar-refractivity contribution is 5.68. The molecule has 0 aromatic heterocycles. The Morgan fingerprint density at radius 3 is 2.95 bits per heavy atom. The zero-order valence-electron chi connectivity index (χ0n) is 10.9. The molecule has 2 atom stereocenters. The second-order valence-electron chi connectivity index (χ2n) is 4.76. The van der Waals surface area contributed by atoms with Crippen molar-refractivity contribution in [2.24, 2.45) is 5.92 Å². The lowest BCUT2D eigenvalue weighted by Crippen LogP contribution is -2.31. The van der Waals surface area contributed by atoms with Crippen molar-refractivity contribution < 1.29 is 14.6 Å². The summed E-state index contributed by atoms with van der Waals surface area (Å²) in [4.78, 5) is 13.5. The molecule has 1 heterocycles. The van der Waals surface area contributed by atoms with E-state index in [4.69, 9.17) is 4.74 Å². The third kappa shape index (κ3) is 3.58. The first-order valence-electron chi connectivity index (χ1n) is 6.47. The number of nitrogens with zero attached hydrogens (tertiary/aromatic N) is 1. The summed E-state index contributed by atoms with van der Waals surface area (Å²) in [6, 6.07) is 9.58. The number of likely N-dealkylation sites (tertiary alicyclic amines) is 1. The van der Waals surface area contributed by atoms with Crippen LogP contribution in [0.4, 0.5) is 4.79 Å². The minimum atomic E-state index is -0.549. The molecule has 2 rings (SSSR count). The zero-order chi connectivity index (χ0) is 13.7.